The molecule has 53 heavy (non-hydrogen) atoms. The van der Waals surface area contributed by atoms with Gasteiger partial charge in [-0.05, 0) is 104 Å². The molecule has 8 rings (SSSR count). The zero-order valence-corrected chi connectivity index (χ0v) is 27.1. The van der Waals surface area contributed by atoms with E-state index in [2.05, 4.69) is 11.1 Å². The van der Waals surface area contributed by atoms with Gasteiger partial charge in [-0.1, -0.05) is 11.6 Å². The zero-order chi connectivity index (χ0) is 37.6. The number of hydrogen-bond donors (Lipinski definition) is 0. The minimum absolute atomic E-state index is 0.0507. The highest BCUT2D eigenvalue weighted by Gasteiger charge is 2.34. The summed E-state index contributed by atoms with van der Waals surface area (Å²) in [7, 11) is 0. The summed E-state index contributed by atoms with van der Waals surface area (Å²) in [6, 6.07) is 24.6. The van der Waals surface area contributed by atoms with Crippen LogP contribution in [0, 0.1) is 18.3 Å². The first-order chi connectivity index (χ1) is 25.0. The summed E-state index contributed by atoms with van der Waals surface area (Å²) in [6.07, 6.45) is -12.7. The van der Waals surface area contributed by atoms with Crippen LogP contribution in [0.1, 0.15) is 27.8 Å². The van der Waals surface area contributed by atoms with Gasteiger partial charge < -0.3 is 9.13 Å². The normalized spacial score (nSPS) is 12.7. The summed E-state index contributed by atoms with van der Waals surface area (Å²) in [5.41, 5.74) is 1.08. The molecule has 4 nitrogen and oxygen atoms in total. The molecule has 0 saturated heterocycles. The first-order valence-electron chi connectivity index (χ1n) is 15.9. The Labute approximate surface area is 293 Å². The first kappa shape index (κ1) is 33.8. The van der Waals surface area contributed by atoms with E-state index in [-0.39, 0.29) is 33.1 Å². The third-order valence-electron chi connectivity index (χ3n) is 9.31. The van der Waals surface area contributed by atoms with Crippen LogP contribution in [0.3, 0.4) is 0 Å². The number of pyridine rings is 1. The molecule has 0 bridgehead atoms. The van der Waals surface area contributed by atoms with Gasteiger partial charge in [-0.15, -0.1) is 0 Å². The fourth-order valence-electron chi connectivity index (χ4n) is 6.94. The van der Waals surface area contributed by atoms with E-state index in [0.717, 1.165) is 42.0 Å². The predicted octanol–water partition coefficient (Wildman–Crippen LogP) is 12.2. The van der Waals surface area contributed by atoms with Crippen LogP contribution in [0.25, 0.3) is 66.2 Å². The van der Waals surface area contributed by atoms with Crippen molar-refractivity contribution in [2.24, 2.45) is 0 Å². The molecule has 0 atom stereocenters. The molecule has 8 aromatic rings. The van der Waals surface area contributed by atoms with E-state index in [1.807, 2.05) is 13.0 Å². The summed E-state index contributed by atoms with van der Waals surface area (Å²) in [5.74, 6) is 0. The molecule has 0 amide bonds. The van der Waals surface area contributed by atoms with Crippen molar-refractivity contribution < 1.29 is 39.5 Å². The molecule has 3 aromatic heterocycles. The lowest BCUT2D eigenvalue weighted by Crippen LogP contribution is -2.04. The van der Waals surface area contributed by atoms with E-state index >= 15 is 0 Å². The van der Waals surface area contributed by atoms with Crippen LogP contribution in [0.2, 0.25) is 0 Å². The van der Waals surface area contributed by atoms with E-state index in [0.29, 0.717) is 38.7 Å². The molecule has 0 aliphatic rings. The molecule has 0 aliphatic heterocycles. The van der Waals surface area contributed by atoms with Crippen molar-refractivity contribution in [1.29, 1.82) is 5.26 Å². The van der Waals surface area contributed by atoms with Gasteiger partial charge >= 0.3 is 18.5 Å². The second kappa shape index (κ2) is 11.6. The maximum Gasteiger partial charge on any atom is 0.416 e. The summed E-state index contributed by atoms with van der Waals surface area (Å²) in [5, 5.41) is 10.7. The first-order valence-corrected chi connectivity index (χ1v) is 15.9. The highest BCUT2D eigenvalue weighted by molar-refractivity contribution is 6.11. The van der Waals surface area contributed by atoms with Crippen LogP contribution in [-0.2, 0) is 18.5 Å². The monoisotopic (exact) mass is 728 g/mol. The van der Waals surface area contributed by atoms with Crippen molar-refractivity contribution in [3.8, 4) is 28.7 Å². The lowest BCUT2D eigenvalue weighted by atomic mass is 10.0. The lowest BCUT2D eigenvalue weighted by molar-refractivity contribution is -0.138. The summed E-state index contributed by atoms with van der Waals surface area (Å²) in [6.45, 7) is 1.82. The molecular weight excluding hydrogens is 707 g/mol. The average Bonchev–Trinajstić information content (AvgIpc) is 3.61. The Morgan fingerprint density at radius 2 is 1.00 bits per heavy atom. The molecule has 0 unspecified atom stereocenters. The van der Waals surface area contributed by atoms with Crippen LogP contribution < -0.4 is 0 Å². The largest absolute Gasteiger partial charge is 0.416 e. The van der Waals surface area contributed by atoms with Crippen LogP contribution >= 0.6 is 0 Å². The Hall–Kier alpha value is -6.29. The topological polar surface area (TPSA) is 46.5 Å². The maximum absolute atomic E-state index is 13.8. The number of benzene rings is 5. The average molecular weight is 729 g/mol. The molecule has 3 heterocycles. The number of rotatable bonds is 3. The van der Waals surface area contributed by atoms with Crippen molar-refractivity contribution >= 4 is 43.6 Å². The van der Waals surface area contributed by atoms with Crippen LogP contribution in [0.4, 0.5) is 39.5 Å². The molecule has 0 N–H and O–H groups in total. The van der Waals surface area contributed by atoms with Crippen molar-refractivity contribution in [2.75, 3.05) is 0 Å². The molecule has 0 fully saturated rings. The van der Waals surface area contributed by atoms with Gasteiger partial charge in [-0.2, -0.15) is 44.8 Å². The summed E-state index contributed by atoms with van der Waals surface area (Å²) in [4.78, 5) is 4.56. The number of fused-ring (bicyclic) bond motifs is 6. The van der Waals surface area contributed by atoms with Crippen molar-refractivity contribution in [1.82, 2.24) is 14.1 Å². The van der Waals surface area contributed by atoms with Gasteiger partial charge in [0.05, 0.1) is 61.8 Å². The molecule has 0 radical (unpaired) electrons. The summed E-state index contributed by atoms with van der Waals surface area (Å²) < 4.78 is 128. The lowest BCUT2D eigenvalue weighted by Gasteiger charge is -2.16. The van der Waals surface area contributed by atoms with Crippen LogP contribution in [0.5, 0.6) is 0 Å². The third kappa shape index (κ3) is 5.62. The van der Waals surface area contributed by atoms with Gasteiger partial charge in [0.15, 0.2) is 0 Å². The minimum Gasteiger partial charge on any atom is -0.309 e. The standard InChI is InChI=1S/C40H21F9N4/c1-21-2-7-35-27(14-21)28-16-25(40(47,48)49)6-11-36(28)53(35)37-8-3-22(20-50)15-31(37)32-19-26(12-13-51-32)52-33-9-4-23(38(41,42)43)17-29(33)30-18-24(39(44,45)46)5-10-34(30)52/h2-19H,1H3. The molecule has 264 valence electrons. The van der Waals surface area contributed by atoms with Crippen molar-refractivity contribution in [3.05, 3.63) is 137 Å². The molecule has 0 spiro atoms. The third-order valence-corrected chi connectivity index (χ3v) is 9.31. The Balaban J connectivity index is 1.39. The van der Waals surface area contributed by atoms with Gasteiger partial charge in [0.1, 0.15) is 0 Å². The van der Waals surface area contributed by atoms with E-state index in [9.17, 15) is 44.8 Å². The highest BCUT2D eigenvalue weighted by atomic mass is 19.4. The van der Waals surface area contributed by atoms with Gasteiger partial charge in [-0.25, -0.2) is 0 Å². The van der Waals surface area contributed by atoms with Crippen molar-refractivity contribution in [2.45, 2.75) is 25.5 Å². The number of alkyl halides is 9. The fourth-order valence-corrected chi connectivity index (χ4v) is 6.94. The minimum atomic E-state index is -4.75. The number of aryl methyl sites for hydroxylation is 1. The number of nitriles is 1. The zero-order valence-electron chi connectivity index (χ0n) is 27.1. The quantitative estimate of drug-likeness (QED) is 0.170. The smallest absolute Gasteiger partial charge is 0.309 e. The number of aromatic nitrogens is 3. The Morgan fingerprint density at radius 3 is 1.49 bits per heavy atom. The fraction of sp³-hybridized carbons (Fsp3) is 0.100. The Morgan fingerprint density at radius 1 is 0.528 bits per heavy atom. The van der Waals surface area contributed by atoms with Crippen LogP contribution in [-0.4, -0.2) is 14.1 Å². The second-order valence-corrected chi connectivity index (χ2v) is 12.6. The predicted molar refractivity (Wildman–Crippen MR) is 183 cm³/mol. The highest BCUT2D eigenvalue weighted by Crippen LogP contribution is 2.42. The number of nitrogens with zero attached hydrogens (tertiary/aromatic N) is 4. The molecule has 13 heteroatoms. The molecule has 0 aliphatic carbocycles. The van der Waals surface area contributed by atoms with Gasteiger partial charge in [0.25, 0.3) is 0 Å². The SMILES string of the molecule is Cc1ccc2c(c1)c1cc(C(F)(F)F)ccc1n2-c1ccc(C#N)cc1-c1cc(-n2c3ccc(C(F)(F)F)cc3c3cc(C(F)(F)F)ccc32)ccn1. The van der Waals surface area contributed by atoms with E-state index in [4.69, 9.17) is 0 Å². The Bertz CT molecular complexity index is 2760. The number of halogens is 9. The Kier molecular flexibility index (Phi) is 7.41. The maximum atomic E-state index is 13.8. The van der Waals surface area contributed by atoms with Gasteiger partial charge in [0.2, 0.25) is 0 Å². The number of hydrogen-bond acceptors (Lipinski definition) is 2. The second-order valence-electron chi connectivity index (χ2n) is 12.6. The van der Waals surface area contributed by atoms with Crippen LogP contribution in [0.15, 0.2) is 109 Å². The molecule has 0 saturated carbocycles. The molecule has 5 aromatic carbocycles. The van der Waals surface area contributed by atoms with Gasteiger partial charge in [0, 0.05) is 39.0 Å². The summed E-state index contributed by atoms with van der Waals surface area (Å²) >= 11 is 0. The van der Waals surface area contributed by atoms with E-state index in [1.54, 1.807) is 47.0 Å². The van der Waals surface area contributed by atoms with E-state index < -0.39 is 35.2 Å². The van der Waals surface area contributed by atoms with Crippen molar-refractivity contribution in [3.63, 3.8) is 0 Å². The van der Waals surface area contributed by atoms with E-state index in [1.165, 1.54) is 29.0 Å². The molecular formula is C40H21F9N4. The van der Waals surface area contributed by atoms with Gasteiger partial charge in [-0.3, -0.25) is 4.98 Å².